The Morgan fingerprint density at radius 1 is 1.08 bits per heavy atom. The summed E-state index contributed by atoms with van der Waals surface area (Å²) in [5, 5.41) is 19.0. The van der Waals surface area contributed by atoms with Gasteiger partial charge < -0.3 is 15.1 Å². The van der Waals surface area contributed by atoms with Gasteiger partial charge in [0.05, 0.1) is 17.3 Å². The summed E-state index contributed by atoms with van der Waals surface area (Å²) in [4.78, 5) is 14.4. The lowest BCUT2D eigenvalue weighted by atomic mass is 9.98. The van der Waals surface area contributed by atoms with Crippen molar-refractivity contribution in [3.8, 4) is 17.3 Å². The molecule has 188 valence electrons. The molecule has 0 radical (unpaired) electrons. The number of hydrogen-bond acceptors (Lipinski definition) is 7. The number of hydrogen-bond donors (Lipinski definition) is 1. The standard InChI is InChI=1S/C29H32N8/c1-3-35-14-16-36(17-15-35)24-8-5-7-23(18-24)32-28-31-19-21-6-4-9-25(27(21)33-28)26-12-13-37(34-26)29(2,20-30)22-10-11-22/h4-9,12-13,18-19,22H,3,10-11,14-17H2,1-2H3,(H,31,32,33). The van der Waals surface area contributed by atoms with E-state index in [2.05, 4.69) is 51.3 Å². The van der Waals surface area contributed by atoms with Crippen LogP contribution >= 0.6 is 0 Å². The normalized spacial score (nSPS) is 17.9. The summed E-state index contributed by atoms with van der Waals surface area (Å²) < 4.78 is 1.82. The molecular formula is C29H32N8. The fraction of sp³-hybridized carbons (Fsp3) is 0.379. The zero-order chi connectivity index (χ0) is 25.4. The maximum absolute atomic E-state index is 9.86. The van der Waals surface area contributed by atoms with Gasteiger partial charge in [0.1, 0.15) is 5.54 Å². The Hall–Kier alpha value is -3.96. The molecule has 0 amide bonds. The lowest BCUT2D eigenvalue weighted by Gasteiger charge is -2.35. The van der Waals surface area contributed by atoms with Gasteiger partial charge in [0, 0.05) is 60.9 Å². The maximum atomic E-state index is 9.86. The highest BCUT2D eigenvalue weighted by Gasteiger charge is 2.44. The van der Waals surface area contributed by atoms with Gasteiger partial charge in [0.25, 0.3) is 0 Å². The third kappa shape index (κ3) is 4.51. The monoisotopic (exact) mass is 492 g/mol. The van der Waals surface area contributed by atoms with Crippen molar-refractivity contribution < 1.29 is 0 Å². The number of aromatic nitrogens is 4. The third-order valence-corrected chi connectivity index (χ3v) is 7.84. The second-order valence-electron chi connectivity index (χ2n) is 10.2. The number of nitrogens with zero attached hydrogens (tertiary/aromatic N) is 7. The number of rotatable bonds is 7. The SMILES string of the molecule is CCN1CCN(c2cccc(Nc3ncc4cccc(-c5ccn(C(C)(C#N)C6CC6)n5)c4n3)c2)CC1. The molecule has 0 bridgehead atoms. The van der Waals surface area contributed by atoms with Gasteiger partial charge in [-0.3, -0.25) is 4.68 Å². The van der Waals surface area contributed by atoms with E-state index in [1.165, 1.54) is 5.69 Å². The average Bonchev–Trinajstić information content (AvgIpc) is 3.69. The van der Waals surface area contributed by atoms with E-state index in [4.69, 9.17) is 10.1 Å². The number of piperazine rings is 1. The quantitative estimate of drug-likeness (QED) is 0.387. The first-order valence-corrected chi connectivity index (χ1v) is 13.2. The minimum atomic E-state index is -0.612. The fourth-order valence-corrected chi connectivity index (χ4v) is 5.26. The van der Waals surface area contributed by atoms with Crippen molar-refractivity contribution in [3.05, 3.63) is 60.9 Å². The van der Waals surface area contributed by atoms with Crippen molar-refractivity contribution in [2.45, 2.75) is 32.2 Å². The predicted molar refractivity (Wildman–Crippen MR) is 147 cm³/mol. The van der Waals surface area contributed by atoms with Crippen molar-refractivity contribution >= 4 is 28.2 Å². The summed E-state index contributed by atoms with van der Waals surface area (Å²) in [5.74, 6) is 0.911. The van der Waals surface area contributed by atoms with Crippen LogP contribution < -0.4 is 10.2 Å². The van der Waals surface area contributed by atoms with Crippen LogP contribution in [0.5, 0.6) is 0 Å². The topological polar surface area (TPSA) is 85.9 Å². The molecule has 1 aliphatic heterocycles. The first-order valence-electron chi connectivity index (χ1n) is 13.2. The first-order chi connectivity index (χ1) is 18.1. The molecule has 1 aliphatic carbocycles. The Morgan fingerprint density at radius 2 is 1.89 bits per heavy atom. The highest BCUT2D eigenvalue weighted by molar-refractivity contribution is 5.92. The van der Waals surface area contributed by atoms with E-state index in [0.717, 1.165) is 73.4 Å². The zero-order valence-corrected chi connectivity index (χ0v) is 21.4. The van der Waals surface area contributed by atoms with Crippen LogP contribution in [0.3, 0.4) is 0 Å². The molecule has 2 aliphatic rings. The summed E-state index contributed by atoms with van der Waals surface area (Å²) >= 11 is 0. The molecule has 1 N–H and O–H groups in total. The van der Waals surface area contributed by atoms with Gasteiger partial charge in [-0.2, -0.15) is 10.4 Å². The number of nitriles is 1. The number of benzene rings is 2. The summed E-state index contributed by atoms with van der Waals surface area (Å²) in [6, 6.07) is 19.0. The van der Waals surface area contributed by atoms with Gasteiger partial charge in [0.15, 0.2) is 0 Å². The molecule has 2 aromatic heterocycles. The van der Waals surface area contributed by atoms with E-state index in [-0.39, 0.29) is 0 Å². The molecule has 1 saturated carbocycles. The molecule has 1 saturated heterocycles. The lowest BCUT2D eigenvalue weighted by Crippen LogP contribution is -2.46. The van der Waals surface area contributed by atoms with E-state index in [1.807, 2.05) is 54.3 Å². The van der Waals surface area contributed by atoms with Crippen LogP contribution in [0, 0.1) is 17.2 Å². The molecule has 8 nitrogen and oxygen atoms in total. The lowest BCUT2D eigenvalue weighted by molar-refractivity contribution is 0.271. The zero-order valence-electron chi connectivity index (χ0n) is 21.4. The molecule has 2 aromatic carbocycles. The van der Waals surface area contributed by atoms with Crippen LogP contribution in [-0.2, 0) is 5.54 Å². The van der Waals surface area contributed by atoms with Crippen molar-refractivity contribution in [3.63, 3.8) is 0 Å². The van der Waals surface area contributed by atoms with Gasteiger partial charge in [-0.05, 0) is 56.5 Å². The van der Waals surface area contributed by atoms with Crippen LogP contribution in [0.2, 0.25) is 0 Å². The molecule has 2 fully saturated rings. The Balaban J connectivity index is 1.27. The smallest absolute Gasteiger partial charge is 0.227 e. The largest absolute Gasteiger partial charge is 0.369 e. The summed E-state index contributed by atoms with van der Waals surface area (Å²) in [6.07, 6.45) is 5.92. The van der Waals surface area contributed by atoms with E-state index < -0.39 is 5.54 Å². The molecule has 3 heterocycles. The maximum Gasteiger partial charge on any atom is 0.227 e. The average molecular weight is 493 g/mol. The van der Waals surface area contributed by atoms with Crippen LogP contribution in [0.4, 0.5) is 17.3 Å². The molecule has 4 aromatic rings. The molecule has 37 heavy (non-hydrogen) atoms. The molecule has 8 heteroatoms. The molecule has 1 unspecified atom stereocenters. The third-order valence-electron chi connectivity index (χ3n) is 7.84. The molecule has 1 atom stereocenters. The van der Waals surface area contributed by atoms with Crippen LogP contribution in [-0.4, -0.2) is 57.4 Å². The second-order valence-corrected chi connectivity index (χ2v) is 10.2. The van der Waals surface area contributed by atoms with Crippen LogP contribution in [0.1, 0.15) is 26.7 Å². The van der Waals surface area contributed by atoms with Gasteiger partial charge in [-0.1, -0.05) is 31.2 Å². The highest BCUT2D eigenvalue weighted by atomic mass is 15.3. The Bertz CT molecular complexity index is 1460. The summed E-state index contributed by atoms with van der Waals surface area (Å²) in [6.45, 7) is 9.56. The van der Waals surface area contributed by atoms with Crippen LogP contribution in [0.25, 0.3) is 22.2 Å². The van der Waals surface area contributed by atoms with Gasteiger partial charge >= 0.3 is 0 Å². The number of nitrogens with one attached hydrogen (secondary N) is 1. The highest BCUT2D eigenvalue weighted by Crippen LogP contribution is 2.44. The predicted octanol–water partition coefficient (Wildman–Crippen LogP) is 5.03. The van der Waals surface area contributed by atoms with Gasteiger partial charge in [-0.15, -0.1) is 0 Å². The minimum Gasteiger partial charge on any atom is -0.369 e. The second kappa shape index (κ2) is 9.49. The van der Waals surface area contributed by atoms with Crippen molar-refractivity contribution in [1.29, 1.82) is 5.26 Å². The van der Waals surface area contributed by atoms with Gasteiger partial charge in [0.2, 0.25) is 5.95 Å². The molecule has 6 rings (SSSR count). The van der Waals surface area contributed by atoms with E-state index in [0.29, 0.717) is 11.9 Å². The Morgan fingerprint density at radius 3 is 2.65 bits per heavy atom. The van der Waals surface area contributed by atoms with Crippen LogP contribution in [0.15, 0.2) is 60.9 Å². The number of para-hydroxylation sites is 1. The van der Waals surface area contributed by atoms with E-state index in [1.54, 1.807) is 0 Å². The van der Waals surface area contributed by atoms with E-state index in [9.17, 15) is 5.26 Å². The summed E-state index contributed by atoms with van der Waals surface area (Å²) in [7, 11) is 0. The first kappa shape index (κ1) is 23.4. The number of fused-ring (bicyclic) bond motifs is 1. The van der Waals surface area contributed by atoms with Crippen molar-refractivity contribution in [2.75, 3.05) is 42.9 Å². The fourth-order valence-electron chi connectivity index (χ4n) is 5.26. The van der Waals surface area contributed by atoms with Crippen molar-refractivity contribution in [1.82, 2.24) is 24.6 Å². The number of likely N-dealkylation sites (N-methyl/N-ethyl adjacent to an activating group) is 1. The Kier molecular flexibility index (Phi) is 6.01. The van der Waals surface area contributed by atoms with E-state index >= 15 is 0 Å². The number of anilines is 3. The molecular weight excluding hydrogens is 460 g/mol. The Labute approximate surface area is 217 Å². The van der Waals surface area contributed by atoms with Gasteiger partial charge in [-0.25, -0.2) is 9.97 Å². The minimum absolute atomic E-state index is 0.363. The molecule has 0 spiro atoms. The van der Waals surface area contributed by atoms with Crippen molar-refractivity contribution in [2.24, 2.45) is 5.92 Å². The summed E-state index contributed by atoms with van der Waals surface area (Å²) in [5.41, 5.74) is 4.14.